The highest BCUT2D eigenvalue weighted by atomic mass is 32.1. The normalized spacial score (nSPS) is 12.1. The van der Waals surface area contributed by atoms with Crippen LogP contribution in [0.2, 0.25) is 0 Å². The van der Waals surface area contributed by atoms with Gasteiger partial charge in [0.1, 0.15) is 11.2 Å². The molecule has 13 aromatic rings. The second-order valence-corrected chi connectivity index (χ2v) is 16.3. The van der Waals surface area contributed by atoms with E-state index in [9.17, 15) is 0 Å². The summed E-state index contributed by atoms with van der Waals surface area (Å²) in [6, 6.07) is 65.3. The molecular weight excluding hydrogens is 725 g/mol. The van der Waals surface area contributed by atoms with Gasteiger partial charge in [0.25, 0.3) is 0 Å². The zero-order valence-corrected chi connectivity index (χ0v) is 31.8. The van der Waals surface area contributed by atoms with Crippen LogP contribution in [-0.2, 0) is 0 Å². The molecule has 0 spiro atoms. The van der Waals surface area contributed by atoms with Gasteiger partial charge in [-0.15, -0.1) is 11.3 Å². The zero-order chi connectivity index (χ0) is 37.9. The fourth-order valence-electron chi connectivity index (χ4n) is 9.37. The van der Waals surface area contributed by atoms with Crippen LogP contribution in [0.1, 0.15) is 0 Å². The lowest BCUT2D eigenvalue weighted by molar-refractivity contribution is 0.669. The van der Waals surface area contributed by atoms with Gasteiger partial charge in [0, 0.05) is 53.0 Å². The maximum atomic E-state index is 6.55. The summed E-state index contributed by atoms with van der Waals surface area (Å²) in [5.74, 6) is 0.666. The molecule has 3 aromatic heterocycles. The summed E-state index contributed by atoms with van der Waals surface area (Å²) >= 11 is 1.89. The molecule has 0 fully saturated rings. The highest BCUT2D eigenvalue weighted by Crippen LogP contribution is 2.49. The van der Waals surface area contributed by atoms with E-state index in [1.54, 1.807) is 0 Å². The number of nitrogens with zero attached hydrogens (tertiary/aromatic N) is 2. The van der Waals surface area contributed by atoms with Crippen LogP contribution in [0.4, 0.5) is 0 Å². The van der Waals surface area contributed by atoms with Gasteiger partial charge in [0.05, 0.1) is 11.4 Å². The number of fused-ring (bicyclic) bond motifs is 15. The molecular formula is C54H30N2OS. The van der Waals surface area contributed by atoms with Gasteiger partial charge >= 0.3 is 0 Å². The summed E-state index contributed by atoms with van der Waals surface area (Å²) in [7, 11) is 0. The minimum absolute atomic E-state index is 0.666. The number of furan rings is 1. The van der Waals surface area contributed by atoms with Crippen molar-refractivity contribution in [1.82, 2.24) is 9.97 Å². The lowest BCUT2D eigenvalue weighted by Gasteiger charge is -2.15. The third-order valence-electron chi connectivity index (χ3n) is 12.0. The van der Waals surface area contributed by atoms with E-state index >= 15 is 0 Å². The summed E-state index contributed by atoms with van der Waals surface area (Å²) in [6.07, 6.45) is 0. The second-order valence-electron chi connectivity index (χ2n) is 15.2. The third-order valence-corrected chi connectivity index (χ3v) is 13.2. The van der Waals surface area contributed by atoms with E-state index in [1.807, 2.05) is 11.3 Å². The van der Waals surface area contributed by atoms with Gasteiger partial charge in [-0.3, -0.25) is 0 Å². The van der Waals surface area contributed by atoms with Crippen molar-refractivity contribution in [3.63, 3.8) is 0 Å². The first kappa shape index (κ1) is 31.8. The van der Waals surface area contributed by atoms with Crippen LogP contribution < -0.4 is 0 Å². The van der Waals surface area contributed by atoms with Crippen molar-refractivity contribution in [2.24, 2.45) is 0 Å². The lowest BCUT2D eigenvalue weighted by Crippen LogP contribution is -1.97. The summed E-state index contributed by atoms with van der Waals surface area (Å²) in [5.41, 5.74) is 6.51. The van der Waals surface area contributed by atoms with Gasteiger partial charge in [-0.1, -0.05) is 140 Å². The van der Waals surface area contributed by atoms with Crippen molar-refractivity contribution in [3.05, 3.63) is 182 Å². The van der Waals surface area contributed by atoms with Gasteiger partial charge in [0.2, 0.25) is 0 Å². The van der Waals surface area contributed by atoms with Gasteiger partial charge in [-0.2, -0.15) is 0 Å². The van der Waals surface area contributed by atoms with Crippen molar-refractivity contribution < 1.29 is 4.42 Å². The number of aromatic nitrogens is 2. The second kappa shape index (κ2) is 12.1. The summed E-state index contributed by atoms with van der Waals surface area (Å²) in [6.45, 7) is 0. The van der Waals surface area contributed by atoms with Crippen LogP contribution in [0.3, 0.4) is 0 Å². The average Bonchev–Trinajstić information content (AvgIpc) is 3.85. The lowest BCUT2D eigenvalue weighted by atomic mass is 9.90. The van der Waals surface area contributed by atoms with Crippen molar-refractivity contribution in [2.45, 2.75) is 0 Å². The Morgan fingerprint density at radius 3 is 1.72 bits per heavy atom. The predicted molar refractivity (Wildman–Crippen MR) is 246 cm³/mol. The molecule has 0 N–H and O–H groups in total. The fourth-order valence-corrected chi connectivity index (χ4v) is 10.7. The first-order chi connectivity index (χ1) is 28.7. The number of hydrogen-bond donors (Lipinski definition) is 0. The molecule has 58 heavy (non-hydrogen) atoms. The van der Waals surface area contributed by atoms with Crippen LogP contribution in [0.5, 0.6) is 0 Å². The Kier molecular flexibility index (Phi) is 6.60. The summed E-state index contributed by atoms with van der Waals surface area (Å²) in [5, 5.41) is 16.9. The molecule has 3 heterocycles. The standard InChI is InChI=1S/C54H30N2OS/c1-2-13-31(14-3-1)45-30-46(56-54(55-45)40-23-12-24-47-50(40)43-25-32-15-4-6-17-34(32)27-48(43)57-47)42-29-41-38-21-9-8-19-36(38)37-20-10-11-22-39(37)51(41)53-52(42)44-26-33-16-5-7-18-35(33)28-49(44)58-53/h1-30H. The first-order valence-corrected chi connectivity index (χ1v) is 20.5. The zero-order valence-electron chi connectivity index (χ0n) is 31.0. The SMILES string of the molecule is c1ccc(-c2cc(-c3cc4c5ccccc5c5ccccc5c4c4sc5cc6ccccc6cc5c34)nc(-c3cccc4oc5cc6ccccc6cc5c34)n2)cc1. The van der Waals surface area contributed by atoms with Crippen molar-refractivity contribution in [2.75, 3.05) is 0 Å². The molecule has 0 saturated heterocycles. The summed E-state index contributed by atoms with van der Waals surface area (Å²) in [4.78, 5) is 11.0. The smallest absolute Gasteiger partial charge is 0.161 e. The van der Waals surface area contributed by atoms with Crippen molar-refractivity contribution in [3.8, 4) is 33.9 Å². The number of rotatable bonds is 3. The average molecular weight is 755 g/mol. The summed E-state index contributed by atoms with van der Waals surface area (Å²) < 4.78 is 9.09. The Labute approximate surface area is 336 Å². The Morgan fingerprint density at radius 1 is 0.362 bits per heavy atom. The third kappa shape index (κ3) is 4.61. The number of hydrogen-bond acceptors (Lipinski definition) is 4. The number of benzene rings is 10. The number of thiophene rings is 1. The molecule has 0 saturated carbocycles. The molecule has 0 unspecified atom stereocenters. The highest BCUT2D eigenvalue weighted by Gasteiger charge is 2.23. The van der Waals surface area contributed by atoms with Gasteiger partial charge in [-0.25, -0.2) is 9.97 Å². The predicted octanol–water partition coefficient (Wildman–Crippen LogP) is 15.5. The van der Waals surface area contributed by atoms with E-state index in [0.717, 1.165) is 55.4 Å². The molecule has 13 rings (SSSR count). The molecule has 10 aromatic carbocycles. The maximum Gasteiger partial charge on any atom is 0.161 e. The molecule has 0 aliphatic carbocycles. The Bertz CT molecular complexity index is 3860. The molecule has 0 aliphatic heterocycles. The van der Waals surface area contributed by atoms with Crippen LogP contribution in [0.15, 0.2) is 186 Å². The molecule has 0 bridgehead atoms. The molecule has 0 atom stereocenters. The minimum atomic E-state index is 0.666. The van der Waals surface area contributed by atoms with Crippen LogP contribution in [0, 0.1) is 0 Å². The highest BCUT2D eigenvalue weighted by molar-refractivity contribution is 7.27. The van der Waals surface area contributed by atoms with Gasteiger partial charge < -0.3 is 4.42 Å². The Hall–Kier alpha value is -7.40. The minimum Gasteiger partial charge on any atom is -0.456 e. The molecule has 0 amide bonds. The molecule has 4 heteroatoms. The quantitative estimate of drug-likeness (QED) is 0.169. The van der Waals surface area contributed by atoms with Gasteiger partial charge in [0.15, 0.2) is 5.82 Å². The molecule has 0 radical (unpaired) electrons. The Balaban J connectivity index is 1.19. The van der Waals surface area contributed by atoms with E-state index in [1.165, 1.54) is 68.6 Å². The van der Waals surface area contributed by atoms with Crippen LogP contribution in [0.25, 0.3) is 130 Å². The Morgan fingerprint density at radius 2 is 0.966 bits per heavy atom. The van der Waals surface area contributed by atoms with Crippen LogP contribution >= 0.6 is 11.3 Å². The topological polar surface area (TPSA) is 38.9 Å². The van der Waals surface area contributed by atoms with E-state index < -0.39 is 0 Å². The van der Waals surface area contributed by atoms with Gasteiger partial charge in [-0.05, 0) is 90.9 Å². The maximum absolute atomic E-state index is 6.55. The van der Waals surface area contributed by atoms with E-state index in [2.05, 4.69) is 182 Å². The van der Waals surface area contributed by atoms with Crippen molar-refractivity contribution >= 4 is 107 Å². The first-order valence-electron chi connectivity index (χ1n) is 19.6. The molecule has 0 aliphatic rings. The molecule has 3 nitrogen and oxygen atoms in total. The van der Waals surface area contributed by atoms with Crippen LogP contribution in [-0.4, -0.2) is 9.97 Å². The van der Waals surface area contributed by atoms with Crippen molar-refractivity contribution in [1.29, 1.82) is 0 Å². The van der Waals surface area contributed by atoms with E-state index in [4.69, 9.17) is 14.4 Å². The molecule has 268 valence electrons. The fraction of sp³-hybridized carbons (Fsp3) is 0. The van der Waals surface area contributed by atoms with E-state index in [0.29, 0.717) is 5.82 Å². The van der Waals surface area contributed by atoms with E-state index in [-0.39, 0.29) is 0 Å². The monoisotopic (exact) mass is 754 g/mol. The largest absolute Gasteiger partial charge is 0.456 e.